The van der Waals surface area contributed by atoms with Crippen LogP contribution in [0.1, 0.15) is 70.9 Å². The second kappa shape index (κ2) is 15.1. The molecule has 0 spiro atoms. The fourth-order valence-corrected chi connectivity index (χ4v) is 5.09. The maximum atomic E-state index is 13.8. The molecule has 1 unspecified atom stereocenters. The summed E-state index contributed by atoms with van der Waals surface area (Å²) in [6.07, 6.45) is 4.18. The molecule has 6 N–H and O–H groups in total. The van der Waals surface area contributed by atoms with Crippen LogP contribution in [0.2, 0.25) is 0 Å². The van der Waals surface area contributed by atoms with Gasteiger partial charge in [0.25, 0.3) is 0 Å². The second-order valence-corrected chi connectivity index (χ2v) is 11.4. The lowest BCUT2D eigenvalue weighted by Crippen LogP contribution is -2.49. The van der Waals surface area contributed by atoms with Gasteiger partial charge < -0.3 is 26.8 Å². The first-order valence-corrected chi connectivity index (χ1v) is 14.3. The molecular formula is C31H47FN4O4. The number of aliphatic hydroxyl groups is 1. The third-order valence-corrected chi connectivity index (χ3v) is 7.32. The number of primary amides is 1. The molecule has 3 amide bonds. The highest BCUT2D eigenvalue weighted by molar-refractivity contribution is 6.03. The maximum Gasteiger partial charge on any atom is 0.249 e. The van der Waals surface area contributed by atoms with Crippen molar-refractivity contribution in [1.82, 2.24) is 10.2 Å². The van der Waals surface area contributed by atoms with E-state index < -0.39 is 29.4 Å². The van der Waals surface area contributed by atoms with Crippen molar-refractivity contribution in [3.63, 3.8) is 0 Å². The number of rotatable bonds is 15. The molecule has 1 aromatic carbocycles. The number of aliphatic hydroxyl groups excluding tert-OH is 1. The molecule has 0 saturated carbocycles. The Bertz CT molecular complexity index is 1110. The van der Waals surface area contributed by atoms with Crippen molar-refractivity contribution in [1.29, 1.82) is 0 Å². The molecule has 3 atom stereocenters. The standard InChI is InChI=1S/C31H47FN4O4/c1-6-12-36(13-7-2)29(39)24-16-23(28(34)38)17-31(18-24,30(40)35-11-10-20(3)4)19-27(37)26(33)15-22-8-9-25(32)21(5)14-22/h8-9,14,16-17,20,26-27,37H,6-7,10-13,15,18-19,33H2,1-5H3,(H2,34,38)(H,35,40)/t26-,27+,31?/m0/s1. The highest BCUT2D eigenvalue weighted by Crippen LogP contribution is 2.40. The van der Waals surface area contributed by atoms with Crippen LogP contribution in [-0.2, 0) is 20.8 Å². The van der Waals surface area contributed by atoms with Gasteiger partial charge in [-0.05, 0) is 74.6 Å². The van der Waals surface area contributed by atoms with Gasteiger partial charge in [-0.25, -0.2) is 4.39 Å². The molecule has 40 heavy (non-hydrogen) atoms. The molecular weight excluding hydrogens is 511 g/mol. The molecule has 1 aromatic rings. The van der Waals surface area contributed by atoms with E-state index in [4.69, 9.17) is 11.5 Å². The van der Waals surface area contributed by atoms with Crippen LogP contribution in [0.25, 0.3) is 0 Å². The zero-order chi connectivity index (χ0) is 30.0. The minimum Gasteiger partial charge on any atom is -0.391 e. The van der Waals surface area contributed by atoms with E-state index in [1.165, 1.54) is 18.2 Å². The number of halogens is 1. The zero-order valence-electron chi connectivity index (χ0n) is 24.6. The number of carbonyl (C=O) groups is 3. The van der Waals surface area contributed by atoms with Gasteiger partial charge in [0.05, 0.1) is 11.5 Å². The lowest BCUT2D eigenvalue weighted by Gasteiger charge is -2.37. The molecule has 0 aromatic heterocycles. The number of nitrogens with one attached hydrogen (secondary N) is 1. The van der Waals surface area contributed by atoms with Gasteiger partial charge in [-0.1, -0.05) is 45.9 Å². The summed E-state index contributed by atoms with van der Waals surface area (Å²) < 4.78 is 13.7. The van der Waals surface area contributed by atoms with Crippen molar-refractivity contribution < 1.29 is 23.9 Å². The Morgan fingerprint density at radius 1 is 1.18 bits per heavy atom. The van der Waals surface area contributed by atoms with Crippen molar-refractivity contribution in [3.8, 4) is 0 Å². The number of carbonyl (C=O) groups excluding carboxylic acids is 3. The minimum absolute atomic E-state index is 0.000506. The molecule has 0 bridgehead atoms. The largest absolute Gasteiger partial charge is 0.391 e. The fraction of sp³-hybridized carbons (Fsp3) is 0.581. The lowest BCUT2D eigenvalue weighted by molar-refractivity contribution is -0.131. The van der Waals surface area contributed by atoms with Gasteiger partial charge >= 0.3 is 0 Å². The van der Waals surface area contributed by atoms with Gasteiger partial charge in [-0.15, -0.1) is 0 Å². The molecule has 0 radical (unpaired) electrons. The third-order valence-electron chi connectivity index (χ3n) is 7.32. The van der Waals surface area contributed by atoms with Crippen LogP contribution >= 0.6 is 0 Å². The lowest BCUT2D eigenvalue weighted by atomic mass is 9.70. The smallest absolute Gasteiger partial charge is 0.249 e. The van der Waals surface area contributed by atoms with Gasteiger partial charge in [0.15, 0.2) is 0 Å². The van der Waals surface area contributed by atoms with E-state index in [-0.39, 0.29) is 36.6 Å². The number of amides is 3. The molecule has 0 heterocycles. The Labute approximate surface area is 238 Å². The van der Waals surface area contributed by atoms with Gasteiger partial charge in [0, 0.05) is 36.8 Å². The summed E-state index contributed by atoms with van der Waals surface area (Å²) >= 11 is 0. The normalized spacial score (nSPS) is 18.5. The summed E-state index contributed by atoms with van der Waals surface area (Å²) in [5.74, 6) is -1.39. The summed E-state index contributed by atoms with van der Waals surface area (Å²) in [4.78, 5) is 41.5. The number of nitrogens with zero attached hydrogens (tertiary/aromatic N) is 1. The summed E-state index contributed by atoms with van der Waals surface area (Å²) in [5, 5.41) is 14.2. The van der Waals surface area contributed by atoms with Gasteiger partial charge in [-0.2, -0.15) is 0 Å². The van der Waals surface area contributed by atoms with Crippen LogP contribution < -0.4 is 16.8 Å². The van der Waals surface area contributed by atoms with Crippen LogP contribution in [-0.4, -0.2) is 59.5 Å². The first kappa shape index (κ1) is 33.2. The maximum absolute atomic E-state index is 13.8. The van der Waals surface area contributed by atoms with Crippen molar-refractivity contribution >= 4 is 17.7 Å². The fourth-order valence-electron chi connectivity index (χ4n) is 5.09. The molecule has 8 nitrogen and oxygen atoms in total. The Morgan fingerprint density at radius 3 is 2.38 bits per heavy atom. The Hall–Kier alpha value is -3.04. The van der Waals surface area contributed by atoms with Gasteiger partial charge in [-0.3, -0.25) is 14.4 Å². The van der Waals surface area contributed by atoms with E-state index in [1.54, 1.807) is 24.0 Å². The molecule has 222 valence electrons. The SMILES string of the molecule is CCCN(CCC)C(=O)C1=CC(C(N)=O)=CC(C[C@@H](O)[C@@H](N)Cc2ccc(F)c(C)c2)(C(=O)NCCC(C)C)C1. The predicted molar refractivity (Wildman–Crippen MR) is 155 cm³/mol. The monoisotopic (exact) mass is 558 g/mol. The van der Waals surface area contributed by atoms with Crippen molar-refractivity contribution in [3.05, 3.63) is 58.4 Å². The molecule has 0 aliphatic heterocycles. The summed E-state index contributed by atoms with van der Waals surface area (Å²) in [6, 6.07) is 3.87. The third kappa shape index (κ3) is 8.99. The van der Waals surface area contributed by atoms with Crippen molar-refractivity contribution in [2.24, 2.45) is 22.8 Å². The number of hydrogen-bond donors (Lipinski definition) is 4. The molecule has 9 heteroatoms. The first-order chi connectivity index (χ1) is 18.8. The summed E-state index contributed by atoms with van der Waals surface area (Å²) in [5.41, 5.74) is 12.2. The van der Waals surface area contributed by atoms with Gasteiger partial charge in [0.2, 0.25) is 17.7 Å². The van der Waals surface area contributed by atoms with E-state index in [9.17, 15) is 23.9 Å². The predicted octanol–water partition coefficient (Wildman–Crippen LogP) is 3.29. The number of benzene rings is 1. The highest BCUT2D eigenvalue weighted by atomic mass is 19.1. The van der Waals surface area contributed by atoms with Crippen LogP contribution in [0.3, 0.4) is 0 Å². The molecule has 0 saturated heterocycles. The Balaban J connectivity index is 2.45. The highest BCUT2D eigenvalue weighted by Gasteiger charge is 2.44. The van der Waals surface area contributed by atoms with Crippen LogP contribution in [0, 0.1) is 24.1 Å². The minimum atomic E-state index is -1.42. The summed E-state index contributed by atoms with van der Waals surface area (Å²) in [7, 11) is 0. The zero-order valence-corrected chi connectivity index (χ0v) is 24.6. The quantitative estimate of drug-likeness (QED) is 0.262. The van der Waals surface area contributed by atoms with Gasteiger partial charge in [0.1, 0.15) is 5.82 Å². The molecule has 1 aliphatic carbocycles. The first-order valence-electron chi connectivity index (χ1n) is 14.3. The number of nitrogens with two attached hydrogens (primary N) is 2. The van der Waals surface area contributed by atoms with Crippen molar-refractivity contribution in [2.45, 2.75) is 85.3 Å². The molecule has 0 fully saturated rings. The second-order valence-electron chi connectivity index (χ2n) is 11.4. The molecule has 2 rings (SSSR count). The Morgan fingerprint density at radius 2 is 1.82 bits per heavy atom. The summed E-state index contributed by atoms with van der Waals surface area (Å²) in [6.45, 7) is 11.2. The van der Waals surface area contributed by atoms with E-state index in [1.807, 2.05) is 27.7 Å². The molecule has 1 aliphatic rings. The number of hydrogen-bond acceptors (Lipinski definition) is 5. The van der Waals surface area contributed by atoms with E-state index >= 15 is 0 Å². The van der Waals surface area contributed by atoms with Crippen LogP contribution in [0.5, 0.6) is 0 Å². The average Bonchev–Trinajstić information content (AvgIpc) is 2.89. The number of aryl methyl sites for hydroxylation is 1. The van der Waals surface area contributed by atoms with E-state index in [0.29, 0.717) is 36.7 Å². The van der Waals surface area contributed by atoms with E-state index in [0.717, 1.165) is 24.8 Å². The van der Waals surface area contributed by atoms with Crippen LogP contribution in [0.15, 0.2) is 41.5 Å². The van der Waals surface area contributed by atoms with Crippen LogP contribution in [0.4, 0.5) is 4.39 Å². The average molecular weight is 559 g/mol. The van der Waals surface area contributed by atoms with E-state index in [2.05, 4.69) is 5.32 Å². The topological polar surface area (TPSA) is 139 Å². The van der Waals surface area contributed by atoms with Crippen molar-refractivity contribution in [2.75, 3.05) is 19.6 Å². The Kier molecular flexibility index (Phi) is 12.5.